The van der Waals surface area contributed by atoms with Gasteiger partial charge in [0.05, 0.1) is 17.0 Å². The Morgan fingerprint density at radius 2 is 2.07 bits per heavy atom. The molecule has 1 aliphatic heterocycles. The van der Waals surface area contributed by atoms with Gasteiger partial charge >= 0.3 is 0 Å². The molecule has 0 radical (unpaired) electrons. The summed E-state index contributed by atoms with van der Waals surface area (Å²) in [6.07, 6.45) is 1.30. The molecule has 2 aromatic rings. The first-order valence-corrected chi connectivity index (χ1v) is 10.7. The van der Waals surface area contributed by atoms with Crippen LogP contribution in [0.15, 0.2) is 52.5 Å². The molecule has 2 N–H and O–H groups in total. The van der Waals surface area contributed by atoms with Gasteiger partial charge in [0.15, 0.2) is 0 Å². The molecule has 0 bridgehead atoms. The highest BCUT2D eigenvalue weighted by atomic mass is 32.2. The van der Waals surface area contributed by atoms with E-state index in [2.05, 4.69) is 15.6 Å². The zero-order valence-electron chi connectivity index (χ0n) is 14.8. The molecule has 0 aliphatic carbocycles. The quantitative estimate of drug-likeness (QED) is 0.660. The fraction of sp³-hybridized carbons (Fsp3) is 0.235. The Morgan fingerprint density at radius 1 is 1.28 bits per heavy atom. The monoisotopic (exact) mass is 442 g/mol. The number of aromatic nitrogens is 1. The number of piperazine rings is 1. The van der Waals surface area contributed by atoms with Crippen molar-refractivity contribution in [1.82, 2.24) is 14.6 Å². The lowest BCUT2D eigenvalue weighted by Crippen LogP contribution is -2.49. The molecule has 1 fully saturated rings. The van der Waals surface area contributed by atoms with Crippen LogP contribution in [0.2, 0.25) is 0 Å². The number of thioether (sulfide) groups is 1. The number of carbonyl (C=O) groups is 2. The van der Waals surface area contributed by atoms with E-state index in [1.54, 1.807) is 0 Å². The van der Waals surface area contributed by atoms with Gasteiger partial charge in [0.1, 0.15) is 5.03 Å². The van der Waals surface area contributed by atoms with E-state index in [4.69, 9.17) is 0 Å². The van der Waals surface area contributed by atoms with Crippen LogP contribution in [0.1, 0.15) is 10.4 Å². The van der Waals surface area contributed by atoms with Gasteiger partial charge in [-0.1, -0.05) is 6.07 Å². The second-order valence-corrected chi connectivity index (χ2v) is 8.82. The van der Waals surface area contributed by atoms with Crippen molar-refractivity contribution in [3.8, 4) is 0 Å². The highest BCUT2D eigenvalue weighted by Crippen LogP contribution is 2.27. The van der Waals surface area contributed by atoms with Gasteiger partial charge in [0.2, 0.25) is 15.9 Å². The van der Waals surface area contributed by atoms with Crippen molar-refractivity contribution in [3.63, 3.8) is 0 Å². The van der Waals surface area contributed by atoms with E-state index in [-0.39, 0.29) is 52.6 Å². The standard InChI is InChI=1S/C17H16F2N4O4S2/c18-17(19)28-16-13(5-2-6-21-16)15(25)22-11-3-1-4-12(9-11)29(26,27)23-8-7-20-14(24)10-23/h1-6,9,17H,7-8,10H2,(H,20,24)(H,22,25). The molecule has 12 heteroatoms. The molecule has 0 saturated carbocycles. The van der Waals surface area contributed by atoms with Gasteiger partial charge in [-0.15, -0.1) is 0 Å². The highest BCUT2D eigenvalue weighted by Gasteiger charge is 2.29. The highest BCUT2D eigenvalue weighted by molar-refractivity contribution is 7.99. The molecule has 1 aromatic heterocycles. The predicted molar refractivity (Wildman–Crippen MR) is 102 cm³/mol. The molecule has 1 saturated heterocycles. The topological polar surface area (TPSA) is 108 Å². The van der Waals surface area contributed by atoms with Gasteiger partial charge in [-0.2, -0.15) is 13.1 Å². The van der Waals surface area contributed by atoms with Crippen LogP contribution in [0.3, 0.4) is 0 Å². The summed E-state index contributed by atoms with van der Waals surface area (Å²) in [4.78, 5) is 27.7. The van der Waals surface area contributed by atoms with Gasteiger partial charge < -0.3 is 10.6 Å². The van der Waals surface area contributed by atoms with Crippen LogP contribution in [0, 0.1) is 0 Å². The van der Waals surface area contributed by atoms with Crippen molar-refractivity contribution < 1.29 is 26.8 Å². The molecule has 154 valence electrons. The molecular weight excluding hydrogens is 426 g/mol. The lowest BCUT2D eigenvalue weighted by atomic mass is 10.2. The Morgan fingerprint density at radius 3 is 2.79 bits per heavy atom. The Labute approximate surface area is 169 Å². The maximum Gasteiger partial charge on any atom is 0.290 e. The minimum Gasteiger partial charge on any atom is -0.354 e. The van der Waals surface area contributed by atoms with E-state index in [9.17, 15) is 26.8 Å². The number of halogens is 2. The molecule has 1 aliphatic rings. The SMILES string of the molecule is O=C1CN(S(=O)(=O)c2cccc(NC(=O)c3cccnc3SC(F)F)c2)CCN1. The lowest BCUT2D eigenvalue weighted by molar-refractivity contribution is -0.122. The molecule has 0 unspecified atom stereocenters. The van der Waals surface area contributed by atoms with Gasteiger partial charge in [-0.3, -0.25) is 9.59 Å². The van der Waals surface area contributed by atoms with E-state index in [0.717, 1.165) is 4.31 Å². The molecule has 1 aromatic carbocycles. The summed E-state index contributed by atoms with van der Waals surface area (Å²) in [6, 6.07) is 8.28. The molecule has 0 atom stereocenters. The number of hydrogen-bond acceptors (Lipinski definition) is 6. The molecular formula is C17H16F2N4O4S2. The minimum atomic E-state index is -3.94. The first-order chi connectivity index (χ1) is 13.8. The fourth-order valence-electron chi connectivity index (χ4n) is 2.64. The van der Waals surface area contributed by atoms with Crippen LogP contribution in [0.25, 0.3) is 0 Å². The Balaban J connectivity index is 1.82. The molecule has 3 rings (SSSR count). The third-order valence-electron chi connectivity index (χ3n) is 3.95. The summed E-state index contributed by atoms with van der Waals surface area (Å²) in [5.74, 6) is -3.84. The number of alkyl halides is 2. The fourth-order valence-corrected chi connectivity index (χ4v) is 4.67. The van der Waals surface area contributed by atoms with Crippen LogP contribution in [-0.2, 0) is 14.8 Å². The maximum atomic E-state index is 12.8. The molecule has 2 heterocycles. The van der Waals surface area contributed by atoms with Crippen LogP contribution >= 0.6 is 11.8 Å². The van der Waals surface area contributed by atoms with Crippen LogP contribution in [0.5, 0.6) is 0 Å². The number of benzene rings is 1. The van der Waals surface area contributed by atoms with Crippen molar-refractivity contribution in [1.29, 1.82) is 0 Å². The van der Waals surface area contributed by atoms with E-state index in [0.29, 0.717) is 0 Å². The zero-order chi connectivity index (χ0) is 21.0. The lowest BCUT2D eigenvalue weighted by Gasteiger charge is -2.26. The predicted octanol–water partition coefficient (Wildman–Crippen LogP) is 1.77. The van der Waals surface area contributed by atoms with Crippen molar-refractivity contribution >= 4 is 39.3 Å². The number of anilines is 1. The van der Waals surface area contributed by atoms with E-state index in [1.807, 2.05) is 0 Å². The molecule has 8 nitrogen and oxygen atoms in total. The maximum absolute atomic E-state index is 12.8. The molecule has 29 heavy (non-hydrogen) atoms. The van der Waals surface area contributed by atoms with Crippen LogP contribution < -0.4 is 10.6 Å². The van der Waals surface area contributed by atoms with Crippen molar-refractivity contribution in [2.75, 3.05) is 25.0 Å². The van der Waals surface area contributed by atoms with Gasteiger partial charge in [0.25, 0.3) is 11.7 Å². The van der Waals surface area contributed by atoms with Crippen molar-refractivity contribution in [2.24, 2.45) is 0 Å². The van der Waals surface area contributed by atoms with Gasteiger partial charge in [0, 0.05) is 25.0 Å². The van der Waals surface area contributed by atoms with Gasteiger partial charge in [-0.25, -0.2) is 13.4 Å². The normalized spacial score (nSPS) is 15.2. The van der Waals surface area contributed by atoms with Crippen LogP contribution in [-0.4, -0.2) is 54.9 Å². The third-order valence-corrected chi connectivity index (χ3v) is 6.52. The number of nitrogens with one attached hydrogen (secondary N) is 2. The average molecular weight is 442 g/mol. The summed E-state index contributed by atoms with van der Waals surface area (Å²) in [7, 11) is -3.94. The summed E-state index contributed by atoms with van der Waals surface area (Å²) in [5, 5.41) is 4.91. The van der Waals surface area contributed by atoms with E-state index in [1.165, 1.54) is 42.6 Å². The van der Waals surface area contributed by atoms with E-state index < -0.39 is 27.6 Å². The number of nitrogens with zero attached hydrogens (tertiary/aromatic N) is 2. The first-order valence-electron chi connectivity index (χ1n) is 8.35. The number of hydrogen-bond donors (Lipinski definition) is 2. The smallest absolute Gasteiger partial charge is 0.290 e. The Hall–Kier alpha value is -2.57. The molecule has 0 spiro atoms. The van der Waals surface area contributed by atoms with Gasteiger partial charge in [-0.05, 0) is 42.1 Å². The Kier molecular flexibility index (Phi) is 6.45. The average Bonchev–Trinajstić information content (AvgIpc) is 2.68. The summed E-state index contributed by atoms with van der Waals surface area (Å²) < 4.78 is 51.9. The number of rotatable bonds is 6. The zero-order valence-corrected chi connectivity index (χ0v) is 16.5. The largest absolute Gasteiger partial charge is 0.354 e. The third kappa shape index (κ3) is 5.08. The number of pyridine rings is 1. The first kappa shape index (κ1) is 21.1. The summed E-state index contributed by atoms with van der Waals surface area (Å²) in [6.45, 7) is 0.0530. The number of amides is 2. The number of sulfonamides is 1. The van der Waals surface area contributed by atoms with Crippen molar-refractivity contribution in [2.45, 2.75) is 15.7 Å². The number of carbonyl (C=O) groups excluding carboxylic acids is 2. The minimum absolute atomic E-state index is 0.0567. The Bertz CT molecular complexity index is 1030. The molecule has 2 amide bonds. The van der Waals surface area contributed by atoms with Crippen molar-refractivity contribution in [3.05, 3.63) is 48.2 Å². The second kappa shape index (κ2) is 8.84. The second-order valence-electron chi connectivity index (χ2n) is 5.91. The van der Waals surface area contributed by atoms with E-state index >= 15 is 0 Å². The summed E-state index contributed by atoms with van der Waals surface area (Å²) in [5.41, 5.74) is 0.105. The van der Waals surface area contributed by atoms with Crippen LogP contribution in [0.4, 0.5) is 14.5 Å². The summed E-state index contributed by atoms with van der Waals surface area (Å²) >= 11 is 0.145.